The molecule has 0 N–H and O–H groups in total. The summed E-state index contributed by atoms with van der Waals surface area (Å²) in [7, 11) is 0. The summed E-state index contributed by atoms with van der Waals surface area (Å²) in [4.78, 5) is 0. The van der Waals surface area contributed by atoms with Crippen molar-refractivity contribution in [3.63, 3.8) is 0 Å². The molecule has 0 saturated carbocycles. The molecular weight excluding hydrogens is 393 g/mol. The van der Waals surface area contributed by atoms with Crippen molar-refractivity contribution in [1.29, 1.82) is 0 Å². The van der Waals surface area contributed by atoms with Gasteiger partial charge >= 0.3 is 6.11 Å². The molecule has 0 bridgehead atoms. The van der Waals surface area contributed by atoms with Crippen LogP contribution in [0.25, 0.3) is 0 Å². The van der Waals surface area contributed by atoms with E-state index in [0.29, 0.717) is 12.1 Å². The monoisotopic (exact) mass is 408 g/mol. The largest absolute Gasteiger partial charge is 0.432 e. The number of aryl methyl sites for hydroxylation is 1. The lowest BCUT2D eigenvalue weighted by Crippen LogP contribution is -2.40. The highest BCUT2D eigenvalue weighted by atomic mass is 19.3. The van der Waals surface area contributed by atoms with Crippen LogP contribution in [0.5, 0.6) is 5.75 Å². The van der Waals surface area contributed by atoms with Gasteiger partial charge in [0.1, 0.15) is 5.75 Å². The van der Waals surface area contributed by atoms with Gasteiger partial charge in [0.05, 0.1) is 18.6 Å². The van der Waals surface area contributed by atoms with Crippen molar-refractivity contribution < 1.29 is 40.2 Å². The fraction of sp³-hybridized carbons (Fsp3) is 0.368. The van der Waals surface area contributed by atoms with Gasteiger partial charge in [0, 0.05) is 17.7 Å². The van der Waals surface area contributed by atoms with Crippen molar-refractivity contribution in [2.75, 3.05) is 6.61 Å². The summed E-state index contributed by atoms with van der Waals surface area (Å²) in [5.74, 6) is -9.63. The zero-order valence-corrected chi connectivity index (χ0v) is 14.5. The number of alkyl halides is 2. The third kappa shape index (κ3) is 3.94. The van der Waals surface area contributed by atoms with Gasteiger partial charge in [-0.1, -0.05) is 12.1 Å². The van der Waals surface area contributed by atoms with Crippen LogP contribution in [-0.2, 0) is 4.74 Å². The number of halogens is 7. The molecule has 2 aromatic rings. The maximum atomic E-state index is 14.3. The predicted molar refractivity (Wildman–Crippen MR) is 84.4 cm³/mol. The number of ether oxygens (including phenoxy) is 2. The fourth-order valence-electron chi connectivity index (χ4n) is 3.00. The van der Waals surface area contributed by atoms with Crippen molar-refractivity contribution in [3.05, 3.63) is 64.5 Å². The van der Waals surface area contributed by atoms with Crippen molar-refractivity contribution in [2.45, 2.75) is 32.0 Å². The number of benzene rings is 2. The molecule has 152 valence electrons. The van der Waals surface area contributed by atoms with Crippen LogP contribution in [0.4, 0.5) is 30.7 Å². The summed E-state index contributed by atoms with van der Waals surface area (Å²) in [6, 6.07) is 3.31. The van der Waals surface area contributed by atoms with Gasteiger partial charge in [0.2, 0.25) is 0 Å². The van der Waals surface area contributed by atoms with Crippen LogP contribution in [0.3, 0.4) is 0 Å². The van der Waals surface area contributed by atoms with E-state index in [1.807, 2.05) is 0 Å². The Morgan fingerprint density at radius 3 is 2.14 bits per heavy atom. The first kappa shape index (κ1) is 20.4. The van der Waals surface area contributed by atoms with Gasteiger partial charge in [0.25, 0.3) is 0 Å². The predicted octanol–water partition coefficient (Wildman–Crippen LogP) is 5.83. The standard InChI is InChI=1S/C19H15F7O2/c1-9-2-4-12(17(23)16(9)22)15-5-3-10(8-27-15)19(25,26)28-11-6-13(20)18(24)14(21)7-11/h2,4,6-7,10,15H,3,5,8H2,1H3. The molecule has 1 heterocycles. The molecule has 1 saturated heterocycles. The van der Waals surface area contributed by atoms with Gasteiger partial charge < -0.3 is 9.47 Å². The fourth-order valence-corrected chi connectivity index (χ4v) is 3.00. The van der Waals surface area contributed by atoms with Crippen molar-refractivity contribution >= 4 is 0 Å². The van der Waals surface area contributed by atoms with E-state index in [0.717, 1.165) is 0 Å². The summed E-state index contributed by atoms with van der Waals surface area (Å²) in [5.41, 5.74) is 0.0297. The minimum atomic E-state index is -3.88. The van der Waals surface area contributed by atoms with Gasteiger partial charge in [0.15, 0.2) is 29.1 Å². The maximum Gasteiger partial charge on any atom is 0.402 e. The zero-order chi connectivity index (χ0) is 20.6. The Kier molecular flexibility index (Phi) is 5.56. The van der Waals surface area contributed by atoms with Gasteiger partial charge in [-0.15, -0.1) is 0 Å². The first-order valence-corrected chi connectivity index (χ1v) is 8.37. The molecular formula is C19H15F7O2. The van der Waals surface area contributed by atoms with Crippen LogP contribution in [-0.4, -0.2) is 12.7 Å². The Balaban J connectivity index is 1.69. The smallest absolute Gasteiger partial charge is 0.402 e. The molecule has 0 amide bonds. The molecule has 2 unspecified atom stereocenters. The summed E-state index contributed by atoms with van der Waals surface area (Å²) in [5, 5.41) is 0. The van der Waals surface area contributed by atoms with Crippen molar-refractivity contribution in [2.24, 2.45) is 5.92 Å². The van der Waals surface area contributed by atoms with E-state index < -0.39 is 59.6 Å². The van der Waals surface area contributed by atoms with E-state index in [1.165, 1.54) is 19.1 Å². The van der Waals surface area contributed by atoms with Crippen LogP contribution >= 0.6 is 0 Å². The first-order chi connectivity index (χ1) is 13.1. The molecule has 2 nitrogen and oxygen atoms in total. The van der Waals surface area contributed by atoms with Crippen LogP contribution in [0.15, 0.2) is 24.3 Å². The van der Waals surface area contributed by atoms with Crippen molar-refractivity contribution in [1.82, 2.24) is 0 Å². The normalized spacial score (nSPS) is 20.3. The molecule has 28 heavy (non-hydrogen) atoms. The van der Waals surface area contributed by atoms with Gasteiger partial charge in [-0.3, -0.25) is 0 Å². The Hall–Kier alpha value is -2.29. The summed E-state index contributed by atoms with van der Waals surface area (Å²) < 4.78 is 105. The third-order valence-corrected chi connectivity index (χ3v) is 4.61. The minimum Gasteiger partial charge on any atom is -0.432 e. The van der Waals surface area contributed by atoms with Gasteiger partial charge in [-0.2, -0.15) is 8.78 Å². The molecule has 0 aromatic heterocycles. The SMILES string of the molecule is Cc1ccc(C2CCC(C(F)(F)Oc3cc(F)c(F)c(F)c3)CO2)c(F)c1F. The number of hydrogen-bond donors (Lipinski definition) is 0. The molecule has 9 heteroatoms. The molecule has 2 atom stereocenters. The Morgan fingerprint density at radius 1 is 0.929 bits per heavy atom. The Labute approximate surface area is 155 Å². The van der Waals surface area contributed by atoms with Crippen LogP contribution in [0.2, 0.25) is 0 Å². The topological polar surface area (TPSA) is 18.5 Å². The second-order valence-corrected chi connectivity index (χ2v) is 6.56. The molecule has 2 aromatic carbocycles. The van der Waals surface area contributed by atoms with E-state index in [1.54, 1.807) is 0 Å². The summed E-state index contributed by atoms with van der Waals surface area (Å²) >= 11 is 0. The molecule has 3 rings (SSSR count). The second kappa shape index (κ2) is 7.62. The summed E-state index contributed by atoms with van der Waals surface area (Å²) in [6.07, 6.45) is -5.02. The Bertz CT molecular complexity index is 854. The lowest BCUT2D eigenvalue weighted by Gasteiger charge is -2.33. The molecule has 1 fully saturated rings. The van der Waals surface area contributed by atoms with Crippen LogP contribution < -0.4 is 4.74 Å². The lowest BCUT2D eigenvalue weighted by molar-refractivity contribution is -0.241. The van der Waals surface area contributed by atoms with Gasteiger partial charge in [-0.05, 0) is 25.3 Å². The molecule has 1 aliphatic rings. The molecule has 0 aliphatic carbocycles. The molecule has 1 aliphatic heterocycles. The second-order valence-electron chi connectivity index (χ2n) is 6.56. The number of hydrogen-bond acceptors (Lipinski definition) is 2. The van der Waals surface area contributed by atoms with Crippen molar-refractivity contribution in [3.8, 4) is 5.75 Å². The third-order valence-electron chi connectivity index (χ3n) is 4.61. The molecule has 0 radical (unpaired) electrons. The van der Waals surface area contributed by atoms with Gasteiger partial charge in [-0.25, -0.2) is 22.0 Å². The Morgan fingerprint density at radius 2 is 1.57 bits per heavy atom. The highest BCUT2D eigenvalue weighted by Crippen LogP contribution is 2.40. The zero-order valence-electron chi connectivity index (χ0n) is 14.5. The van der Waals surface area contributed by atoms with E-state index in [4.69, 9.17) is 4.74 Å². The van der Waals surface area contributed by atoms with Crippen LogP contribution in [0.1, 0.15) is 30.1 Å². The number of rotatable bonds is 4. The van der Waals surface area contributed by atoms with E-state index in [2.05, 4.69) is 4.74 Å². The maximum absolute atomic E-state index is 14.3. The van der Waals surface area contributed by atoms with E-state index >= 15 is 0 Å². The highest BCUT2D eigenvalue weighted by molar-refractivity contribution is 5.28. The van der Waals surface area contributed by atoms with Crippen LogP contribution in [0, 0.1) is 41.9 Å². The minimum absolute atomic E-state index is 0.0465. The first-order valence-electron chi connectivity index (χ1n) is 8.37. The average Bonchev–Trinajstić information content (AvgIpc) is 2.64. The molecule has 0 spiro atoms. The van der Waals surface area contributed by atoms with E-state index in [9.17, 15) is 30.7 Å². The average molecular weight is 408 g/mol. The summed E-state index contributed by atoms with van der Waals surface area (Å²) in [6.45, 7) is 0.831. The quantitative estimate of drug-likeness (QED) is 0.468. The van der Waals surface area contributed by atoms with E-state index in [-0.39, 0.29) is 24.0 Å². The highest BCUT2D eigenvalue weighted by Gasteiger charge is 2.45. The lowest BCUT2D eigenvalue weighted by atomic mass is 9.93.